The summed E-state index contributed by atoms with van der Waals surface area (Å²) in [5, 5.41) is -0.704. The van der Waals surface area contributed by atoms with Gasteiger partial charge in [-0.3, -0.25) is 4.57 Å². The zero-order valence-electron chi connectivity index (χ0n) is 12.9. The average Bonchev–Trinajstić information content (AvgIpc) is 2.76. The third kappa shape index (κ3) is 3.37. The van der Waals surface area contributed by atoms with Crippen molar-refractivity contribution in [2.45, 2.75) is 32.5 Å². The van der Waals surface area contributed by atoms with Crippen LogP contribution < -0.4 is 11.5 Å². The number of nitrogens with zero attached hydrogens (tertiary/aromatic N) is 4. The van der Waals surface area contributed by atoms with Crippen LogP contribution in [0.2, 0.25) is 0 Å². The van der Waals surface area contributed by atoms with E-state index < -0.39 is 12.5 Å². The van der Waals surface area contributed by atoms with Gasteiger partial charge in [-0.25, -0.2) is 4.98 Å². The molecule has 2 aromatic rings. The molecule has 0 bridgehead atoms. The van der Waals surface area contributed by atoms with E-state index in [0.717, 1.165) is 0 Å². The maximum absolute atomic E-state index is 12.1. The molecule has 0 saturated carbocycles. The standard InChI is InChI=1S/C12H21N6O3P/c1-12(2,3)22(19,20)7-21-5-4-18-6-15-8-9(13)16-11(14)17-10(8)18/h6H,4-5,7H2,1-3H3,(H,19,20)(H4,13,14,16,17). The number of nitrogen functional groups attached to an aromatic ring is 2. The van der Waals surface area contributed by atoms with Gasteiger partial charge in [0.2, 0.25) is 13.3 Å². The zero-order chi connectivity index (χ0) is 16.5. The van der Waals surface area contributed by atoms with Crippen molar-refractivity contribution < 1.29 is 14.2 Å². The molecule has 0 fully saturated rings. The number of hydrogen-bond donors (Lipinski definition) is 3. The van der Waals surface area contributed by atoms with Gasteiger partial charge in [0.25, 0.3) is 0 Å². The number of hydrogen-bond acceptors (Lipinski definition) is 7. The van der Waals surface area contributed by atoms with Gasteiger partial charge in [0, 0.05) is 11.7 Å². The molecule has 0 spiro atoms. The molecule has 0 amide bonds. The minimum Gasteiger partial charge on any atom is -0.382 e. The maximum Gasteiger partial charge on any atom is 0.230 e. The first kappa shape index (κ1) is 16.7. The topological polar surface area (TPSA) is 142 Å². The summed E-state index contributed by atoms with van der Waals surface area (Å²) < 4.78 is 19.1. The van der Waals surface area contributed by atoms with Crippen molar-refractivity contribution in [3.63, 3.8) is 0 Å². The molecule has 9 nitrogen and oxygen atoms in total. The number of fused-ring (bicyclic) bond motifs is 1. The number of rotatable bonds is 5. The second kappa shape index (κ2) is 5.83. The lowest BCUT2D eigenvalue weighted by atomic mass is 10.3. The van der Waals surface area contributed by atoms with E-state index in [1.807, 2.05) is 0 Å². The van der Waals surface area contributed by atoms with Gasteiger partial charge in [0.15, 0.2) is 11.5 Å². The Hall–Kier alpha value is -1.70. The summed E-state index contributed by atoms with van der Waals surface area (Å²) in [5.74, 6) is 0.287. The molecule has 122 valence electrons. The van der Waals surface area contributed by atoms with Crippen molar-refractivity contribution in [3.8, 4) is 0 Å². The van der Waals surface area contributed by atoms with Crippen molar-refractivity contribution in [1.29, 1.82) is 0 Å². The Bertz CT molecular complexity index is 723. The normalized spacial score (nSPS) is 15.1. The molecule has 22 heavy (non-hydrogen) atoms. The van der Waals surface area contributed by atoms with Crippen LogP contribution in [0.4, 0.5) is 11.8 Å². The van der Waals surface area contributed by atoms with Crippen LogP contribution in [0.5, 0.6) is 0 Å². The predicted molar refractivity (Wildman–Crippen MR) is 84.5 cm³/mol. The molecule has 5 N–H and O–H groups in total. The summed E-state index contributed by atoms with van der Waals surface area (Å²) >= 11 is 0. The Morgan fingerprint density at radius 2 is 2.05 bits per heavy atom. The Balaban J connectivity index is 2.00. The van der Waals surface area contributed by atoms with E-state index >= 15 is 0 Å². The van der Waals surface area contributed by atoms with Crippen LogP contribution >= 0.6 is 7.37 Å². The molecule has 10 heteroatoms. The molecular weight excluding hydrogens is 307 g/mol. The first-order chi connectivity index (χ1) is 10.1. The largest absolute Gasteiger partial charge is 0.382 e. The highest BCUT2D eigenvalue weighted by Gasteiger charge is 2.34. The fourth-order valence-corrected chi connectivity index (χ4v) is 2.46. The van der Waals surface area contributed by atoms with Crippen LogP contribution in [0.3, 0.4) is 0 Å². The van der Waals surface area contributed by atoms with Crippen LogP contribution in [-0.2, 0) is 15.8 Å². The summed E-state index contributed by atoms with van der Waals surface area (Å²) in [6.45, 7) is 5.79. The van der Waals surface area contributed by atoms with Gasteiger partial charge in [0.1, 0.15) is 11.9 Å². The monoisotopic (exact) mass is 328 g/mol. The van der Waals surface area contributed by atoms with Gasteiger partial charge < -0.3 is 25.7 Å². The number of aromatic nitrogens is 4. The van der Waals surface area contributed by atoms with Gasteiger partial charge in [-0.1, -0.05) is 20.8 Å². The summed E-state index contributed by atoms with van der Waals surface area (Å²) in [7, 11) is -3.36. The molecule has 2 rings (SSSR count). The molecule has 0 saturated heterocycles. The van der Waals surface area contributed by atoms with Crippen LogP contribution in [-0.4, -0.2) is 42.5 Å². The minimum atomic E-state index is -3.36. The molecule has 0 aliphatic carbocycles. The molecule has 1 unspecified atom stereocenters. The SMILES string of the molecule is CC(C)(C)P(=O)(O)COCCn1cnc2c(N)nc(N)nc21. The lowest BCUT2D eigenvalue weighted by molar-refractivity contribution is 0.157. The third-order valence-corrected chi connectivity index (χ3v) is 5.93. The Kier molecular flexibility index (Phi) is 4.42. The van der Waals surface area contributed by atoms with Gasteiger partial charge in [0.05, 0.1) is 12.9 Å². The molecule has 2 heterocycles. The number of anilines is 2. The Morgan fingerprint density at radius 1 is 1.36 bits per heavy atom. The molecule has 0 aliphatic heterocycles. The second-order valence-corrected chi connectivity index (χ2v) is 8.99. The number of imidazole rings is 1. The van der Waals surface area contributed by atoms with E-state index in [0.29, 0.717) is 17.7 Å². The molecular formula is C12H21N6O3P. The van der Waals surface area contributed by atoms with Crippen LogP contribution in [0, 0.1) is 0 Å². The first-order valence-corrected chi connectivity index (χ1v) is 8.60. The lowest BCUT2D eigenvalue weighted by Gasteiger charge is -2.25. The van der Waals surface area contributed by atoms with Crippen molar-refractivity contribution >= 4 is 30.3 Å². The van der Waals surface area contributed by atoms with Gasteiger partial charge in [-0.05, 0) is 0 Å². The highest BCUT2D eigenvalue weighted by Crippen LogP contribution is 2.53. The Morgan fingerprint density at radius 3 is 2.68 bits per heavy atom. The van der Waals surface area contributed by atoms with E-state index in [-0.39, 0.29) is 24.7 Å². The Labute approximate surface area is 128 Å². The van der Waals surface area contributed by atoms with E-state index in [4.69, 9.17) is 16.2 Å². The van der Waals surface area contributed by atoms with Crippen LogP contribution in [0.25, 0.3) is 11.2 Å². The fraction of sp³-hybridized carbons (Fsp3) is 0.583. The smallest absolute Gasteiger partial charge is 0.230 e. The molecule has 0 radical (unpaired) electrons. The van der Waals surface area contributed by atoms with Crippen LogP contribution in [0.1, 0.15) is 20.8 Å². The predicted octanol–water partition coefficient (Wildman–Crippen LogP) is 1.03. The molecule has 1 atom stereocenters. The van der Waals surface area contributed by atoms with E-state index in [9.17, 15) is 9.46 Å². The van der Waals surface area contributed by atoms with Gasteiger partial charge in [-0.15, -0.1) is 0 Å². The van der Waals surface area contributed by atoms with Gasteiger partial charge in [-0.2, -0.15) is 9.97 Å². The number of nitrogens with two attached hydrogens (primary N) is 2. The molecule has 2 aromatic heterocycles. The second-order valence-electron chi connectivity index (χ2n) is 5.99. The summed E-state index contributed by atoms with van der Waals surface area (Å²) in [5.41, 5.74) is 12.3. The zero-order valence-corrected chi connectivity index (χ0v) is 13.7. The van der Waals surface area contributed by atoms with Crippen LogP contribution in [0.15, 0.2) is 6.33 Å². The summed E-state index contributed by atoms with van der Waals surface area (Å²) in [6.07, 6.45) is 1.36. The maximum atomic E-state index is 12.1. The highest BCUT2D eigenvalue weighted by molar-refractivity contribution is 7.59. The summed E-state index contributed by atoms with van der Waals surface area (Å²) in [4.78, 5) is 22.0. The number of ether oxygens (including phenoxy) is 1. The van der Waals surface area contributed by atoms with Crippen molar-refractivity contribution in [2.75, 3.05) is 24.4 Å². The van der Waals surface area contributed by atoms with E-state index in [2.05, 4.69) is 15.0 Å². The minimum absolute atomic E-state index is 0.0697. The first-order valence-electron chi connectivity index (χ1n) is 6.75. The molecule has 0 aliphatic rings. The van der Waals surface area contributed by atoms with Gasteiger partial charge >= 0.3 is 0 Å². The van der Waals surface area contributed by atoms with Crippen molar-refractivity contribution in [2.24, 2.45) is 0 Å². The van der Waals surface area contributed by atoms with Crippen molar-refractivity contribution in [3.05, 3.63) is 6.33 Å². The average molecular weight is 328 g/mol. The summed E-state index contributed by atoms with van der Waals surface area (Å²) in [6, 6.07) is 0. The third-order valence-electron chi connectivity index (χ3n) is 3.30. The lowest BCUT2D eigenvalue weighted by Crippen LogP contribution is -2.18. The van der Waals surface area contributed by atoms with E-state index in [1.165, 1.54) is 0 Å². The fourth-order valence-electron chi connectivity index (χ4n) is 1.69. The molecule has 0 aromatic carbocycles. The highest BCUT2D eigenvalue weighted by atomic mass is 31.2. The van der Waals surface area contributed by atoms with E-state index in [1.54, 1.807) is 31.7 Å². The van der Waals surface area contributed by atoms with Crippen molar-refractivity contribution in [1.82, 2.24) is 19.5 Å². The quantitative estimate of drug-likeness (QED) is 0.545.